The van der Waals surface area contributed by atoms with Crippen LogP contribution >= 0.6 is 11.6 Å². The average molecular weight is 255 g/mol. The van der Waals surface area contributed by atoms with Gasteiger partial charge in [-0.15, -0.1) is 0 Å². The first-order chi connectivity index (χ1) is 8.04. The van der Waals surface area contributed by atoms with Crippen LogP contribution in [0.5, 0.6) is 0 Å². The molecule has 0 radical (unpaired) electrons. The van der Waals surface area contributed by atoms with Crippen LogP contribution in [-0.4, -0.2) is 18.5 Å². The lowest BCUT2D eigenvalue weighted by atomic mass is 10.2. The van der Waals surface area contributed by atoms with E-state index in [-0.39, 0.29) is 18.5 Å². The molecule has 0 saturated carbocycles. The third-order valence-corrected chi connectivity index (χ3v) is 3.14. The van der Waals surface area contributed by atoms with Gasteiger partial charge in [-0.05, 0) is 38.0 Å². The Balaban J connectivity index is 2.50. The molecule has 4 heteroatoms. The molecule has 0 fully saturated rings. The predicted molar refractivity (Wildman–Crippen MR) is 72.6 cm³/mol. The van der Waals surface area contributed by atoms with Gasteiger partial charge in [0.1, 0.15) is 0 Å². The lowest BCUT2D eigenvalue weighted by Gasteiger charge is -2.13. The van der Waals surface area contributed by atoms with Crippen molar-refractivity contribution in [2.24, 2.45) is 0 Å². The van der Waals surface area contributed by atoms with Gasteiger partial charge in [0.25, 0.3) is 0 Å². The van der Waals surface area contributed by atoms with Crippen molar-refractivity contribution in [2.75, 3.05) is 11.9 Å². The second-order valence-corrected chi connectivity index (χ2v) is 4.55. The minimum atomic E-state index is -0.00118. The van der Waals surface area contributed by atoms with Crippen molar-refractivity contribution >= 4 is 23.2 Å². The number of hydrogen-bond donors (Lipinski definition) is 2. The van der Waals surface area contributed by atoms with Crippen LogP contribution in [0.25, 0.3) is 0 Å². The monoisotopic (exact) mass is 254 g/mol. The summed E-state index contributed by atoms with van der Waals surface area (Å²) in [6.45, 7) is 6.23. The molecule has 0 bridgehead atoms. The summed E-state index contributed by atoms with van der Waals surface area (Å²) in [6, 6.07) is 5.83. The van der Waals surface area contributed by atoms with Gasteiger partial charge in [-0.1, -0.05) is 24.6 Å². The average Bonchev–Trinajstić information content (AvgIpc) is 2.31. The second kappa shape index (κ2) is 6.50. The molecular formula is C13H19ClN2O. The summed E-state index contributed by atoms with van der Waals surface area (Å²) >= 11 is 6.00. The molecule has 0 aliphatic rings. The molecule has 1 rings (SSSR count). The van der Waals surface area contributed by atoms with Crippen LogP contribution in [0.3, 0.4) is 0 Å². The first-order valence-electron chi connectivity index (χ1n) is 5.83. The quantitative estimate of drug-likeness (QED) is 0.848. The number of carbonyl (C=O) groups excluding carboxylic acids is 1. The van der Waals surface area contributed by atoms with Gasteiger partial charge in [-0.3, -0.25) is 4.79 Å². The second-order valence-electron chi connectivity index (χ2n) is 4.14. The molecule has 2 N–H and O–H groups in total. The Hall–Kier alpha value is -1.22. The molecule has 1 aromatic carbocycles. The largest absolute Gasteiger partial charge is 0.376 e. The van der Waals surface area contributed by atoms with Crippen molar-refractivity contribution in [3.05, 3.63) is 28.8 Å². The minimum Gasteiger partial charge on any atom is -0.376 e. The number of amides is 1. The molecule has 1 amide bonds. The van der Waals surface area contributed by atoms with E-state index in [1.807, 2.05) is 39.0 Å². The molecule has 17 heavy (non-hydrogen) atoms. The van der Waals surface area contributed by atoms with Gasteiger partial charge < -0.3 is 10.6 Å². The van der Waals surface area contributed by atoms with Gasteiger partial charge in [-0.2, -0.15) is 0 Å². The van der Waals surface area contributed by atoms with Crippen molar-refractivity contribution < 1.29 is 4.79 Å². The maximum atomic E-state index is 11.6. The van der Waals surface area contributed by atoms with Crippen LogP contribution in [-0.2, 0) is 4.79 Å². The lowest BCUT2D eigenvalue weighted by Crippen LogP contribution is -2.36. The molecule has 1 unspecified atom stereocenters. The summed E-state index contributed by atoms with van der Waals surface area (Å²) < 4.78 is 0. The number of halogens is 1. The predicted octanol–water partition coefficient (Wildman–Crippen LogP) is 2.98. The van der Waals surface area contributed by atoms with Gasteiger partial charge >= 0.3 is 0 Å². The molecule has 1 atom stereocenters. The van der Waals surface area contributed by atoms with E-state index in [4.69, 9.17) is 11.6 Å². The Morgan fingerprint density at radius 2 is 2.18 bits per heavy atom. The van der Waals surface area contributed by atoms with E-state index in [9.17, 15) is 4.79 Å². The molecule has 0 saturated heterocycles. The van der Waals surface area contributed by atoms with E-state index in [1.54, 1.807) is 0 Å². The van der Waals surface area contributed by atoms with E-state index in [2.05, 4.69) is 10.6 Å². The van der Waals surface area contributed by atoms with Gasteiger partial charge in [0.05, 0.1) is 6.54 Å². The number of benzene rings is 1. The summed E-state index contributed by atoms with van der Waals surface area (Å²) in [5, 5.41) is 6.69. The number of anilines is 1. The van der Waals surface area contributed by atoms with Crippen molar-refractivity contribution in [3.8, 4) is 0 Å². The topological polar surface area (TPSA) is 41.1 Å². The van der Waals surface area contributed by atoms with E-state index in [0.29, 0.717) is 5.02 Å². The van der Waals surface area contributed by atoms with Crippen LogP contribution in [0, 0.1) is 6.92 Å². The fourth-order valence-corrected chi connectivity index (χ4v) is 1.58. The highest BCUT2D eigenvalue weighted by atomic mass is 35.5. The first kappa shape index (κ1) is 13.8. The van der Waals surface area contributed by atoms with Crippen molar-refractivity contribution in [1.82, 2.24) is 5.32 Å². The maximum absolute atomic E-state index is 11.6. The van der Waals surface area contributed by atoms with Crippen LogP contribution < -0.4 is 10.6 Å². The molecule has 0 aromatic heterocycles. The number of nitrogens with one attached hydrogen (secondary N) is 2. The van der Waals surface area contributed by atoms with Gasteiger partial charge in [0.15, 0.2) is 0 Å². The molecule has 3 nitrogen and oxygen atoms in total. The van der Waals surface area contributed by atoms with E-state index >= 15 is 0 Å². The summed E-state index contributed by atoms with van der Waals surface area (Å²) in [5.74, 6) is -0.00118. The number of rotatable bonds is 5. The molecule has 0 aliphatic carbocycles. The Bertz CT molecular complexity index is 393. The molecule has 1 aromatic rings. The minimum absolute atomic E-state index is 0.00118. The summed E-state index contributed by atoms with van der Waals surface area (Å²) in [4.78, 5) is 11.6. The zero-order valence-corrected chi connectivity index (χ0v) is 11.3. The summed E-state index contributed by atoms with van der Waals surface area (Å²) in [6.07, 6.45) is 0.932. The number of hydrogen-bond acceptors (Lipinski definition) is 2. The Kier molecular flexibility index (Phi) is 5.29. The maximum Gasteiger partial charge on any atom is 0.239 e. The van der Waals surface area contributed by atoms with Crippen molar-refractivity contribution in [1.29, 1.82) is 0 Å². The van der Waals surface area contributed by atoms with Gasteiger partial charge in [0.2, 0.25) is 5.91 Å². The fourth-order valence-electron chi connectivity index (χ4n) is 1.40. The van der Waals surface area contributed by atoms with E-state index < -0.39 is 0 Å². The van der Waals surface area contributed by atoms with E-state index in [0.717, 1.165) is 17.7 Å². The molecule has 0 aliphatic heterocycles. The SMILES string of the molecule is CCC(C)NC(=O)CNc1cccc(Cl)c1C. The standard InChI is InChI=1S/C13H19ClN2O/c1-4-9(2)16-13(17)8-15-12-7-5-6-11(14)10(12)3/h5-7,9,15H,4,8H2,1-3H3,(H,16,17). The highest BCUT2D eigenvalue weighted by molar-refractivity contribution is 6.31. The third kappa shape index (κ3) is 4.27. The lowest BCUT2D eigenvalue weighted by molar-refractivity contribution is -0.120. The summed E-state index contributed by atoms with van der Waals surface area (Å²) in [7, 11) is 0. The third-order valence-electron chi connectivity index (χ3n) is 2.73. The molecule has 0 spiro atoms. The van der Waals surface area contributed by atoms with Crippen LogP contribution in [0.4, 0.5) is 5.69 Å². The van der Waals surface area contributed by atoms with Crippen LogP contribution in [0.1, 0.15) is 25.8 Å². The zero-order valence-electron chi connectivity index (χ0n) is 10.5. The van der Waals surface area contributed by atoms with Gasteiger partial charge in [-0.25, -0.2) is 0 Å². The smallest absolute Gasteiger partial charge is 0.239 e. The molecule has 94 valence electrons. The summed E-state index contributed by atoms with van der Waals surface area (Å²) in [5.41, 5.74) is 1.86. The van der Waals surface area contributed by atoms with Gasteiger partial charge in [0, 0.05) is 16.8 Å². The van der Waals surface area contributed by atoms with Crippen molar-refractivity contribution in [2.45, 2.75) is 33.2 Å². The Morgan fingerprint density at radius 1 is 1.47 bits per heavy atom. The Morgan fingerprint density at radius 3 is 2.82 bits per heavy atom. The molecule has 0 heterocycles. The van der Waals surface area contributed by atoms with Crippen molar-refractivity contribution in [3.63, 3.8) is 0 Å². The van der Waals surface area contributed by atoms with Crippen LogP contribution in [0.15, 0.2) is 18.2 Å². The van der Waals surface area contributed by atoms with E-state index in [1.165, 1.54) is 0 Å². The normalized spacial score (nSPS) is 12.0. The highest BCUT2D eigenvalue weighted by Crippen LogP contribution is 2.22. The fraction of sp³-hybridized carbons (Fsp3) is 0.462. The van der Waals surface area contributed by atoms with Crippen LogP contribution in [0.2, 0.25) is 5.02 Å². The number of carbonyl (C=O) groups is 1. The zero-order chi connectivity index (χ0) is 12.8. The highest BCUT2D eigenvalue weighted by Gasteiger charge is 2.06. The first-order valence-corrected chi connectivity index (χ1v) is 6.20. The molecular weight excluding hydrogens is 236 g/mol. The Labute approximate surface area is 108 Å².